The molecule has 122 valence electrons. The Morgan fingerprint density at radius 2 is 2.09 bits per heavy atom. The summed E-state index contributed by atoms with van der Waals surface area (Å²) in [6, 6.07) is 5.10. The zero-order valence-electron chi connectivity index (χ0n) is 12.2. The molecule has 1 aliphatic rings. The average molecular weight is 315 g/mol. The fourth-order valence-corrected chi connectivity index (χ4v) is 2.88. The Labute approximate surface area is 127 Å². The molecule has 7 heteroatoms. The van der Waals surface area contributed by atoms with Gasteiger partial charge in [0.1, 0.15) is 0 Å². The zero-order valence-corrected chi connectivity index (χ0v) is 12.2. The Hall–Kier alpha value is -1.76. The van der Waals surface area contributed by atoms with Crippen molar-refractivity contribution in [3.63, 3.8) is 0 Å². The maximum atomic E-state index is 13.0. The van der Waals surface area contributed by atoms with E-state index in [1.54, 1.807) is 6.07 Å². The average Bonchev–Trinajstić information content (AvgIpc) is 2.45. The summed E-state index contributed by atoms with van der Waals surface area (Å²) in [5.41, 5.74) is 4.76. The summed E-state index contributed by atoms with van der Waals surface area (Å²) in [6.07, 6.45) is -2.49. The Morgan fingerprint density at radius 3 is 2.77 bits per heavy atom. The van der Waals surface area contributed by atoms with Crippen molar-refractivity contribution in [2.45, 2.75) is 25.6 Å². The Kier molecular flexibility index (Phi) is 5.28. The van der Waals surface area contributed by atoms with Crippen LogP contribution in [0.4, 0.5) is 18.0 Å². The number of nitrogens with two attached hydrogens (primary N) is 1. The maximum absolute atomic E-state index is 13.0. The normalized spacial score (nSPS) is 19.9. The van der Waals surface area contributed by atoms with Crippen molar-refractivity contribution >= 4 is 6.03 Å². The standard InChI is InChI=1S/C15H20F3N3O/c16-15(17,18)13-6-2-1-5-12(13)10-21-7-3-4-11(9-21)8-20-14(19)22/h1-2,5-6,11H,3-4,7-10H2,(H3,19,20,22)/t11-/m1/s1. The predicted octanol–water partition coefficient (Wildman–Crippen LogP) is 2.59. The summed E-state index contributed by atoms with van der Waals surface area (Å²) >= 11 is 0. The lowest BCUT2D eigenvalue weighted by atomic mass is 9.97. The first-order valence-corrected chi connectivity index (χ1v) is 7.27. The molecule has 1 heterocycles. The molecule has 4 nitrogen and oxygen atoms in total. The lowest BCUT2D eigenvalue weighted by Crippen LogP contribution is -2.42. The van der Waals surface area contributed by atoms with Crippen LogP contribution in [0.5, 0.6) is 0 Å². The van der Waals surface area contributed by atoms with E-state index in [0.717, 1.165) is 25.5 Å². The number of carbonyl (C=O) groups excluding carboxylic acids is 1. The number of hydrogen-bond acceptors (Lipinski definition) is 2. The van der Waals surface area contributed by atoms with Crippen molar-refractivity contribution in [3.05, 3.63) is 35.4 Å². The van der Waals surface area contributed by atoms with Crippen LogP contribution in [0.3, 0.4) is 0 Å². The number of carbonyl (C=O) groups is 1. The van der Waals surface area contributed by atoms with Crippen LogP contribution in [-0.2, 0) is 12.7 Å². The number of primary amides is 1. The SMILES string of the molecule is NC(=O)NC[C@H]1CCCN(Cc2ccccc2C(F)(F)F)C1. The first kappa shape index (κ1) is 16.6. The predicted molar refractivity (Wildman–Crippen MR) is 77.0 cm³/mol. The van der Waals surface area contributed by atoms with E-state index in [1.165, 1.54) is 12.1 Å². The summed E-state index contributed by atoms with van der Waals surface area (Å²) in [4.78, 5) is 12.7. The van der Waals surface area contributed by atoms with Gasteiger partial charge in [0.15, 0.2) is 0 Å². The molecular weight excluding hydrogens is 295 g/mol. The van der Waals surface area contributed by atoms with Gasteiger partial charge in [-0.2, -0.15) is 13.2 Å². The number of nitrogens with one attached hydrogen (secondary N) is 1. The van der Waals surface area contributed by atoms with Crippen LogP contribution in [0.15, 0.2) is 24.3 Å². The van der Waals surface area contributed by atoms with E-state index in [9.17, 15) is 18.0 Å². The fourth-order valence-electron chi connectivity index (χ4n) is 2.88. The summed E-state index contributed by atoms with van der Waals surface area (Å²) in [5, 5.41) is 2.57. The quantitative estimate of drug-likeness (QED) is 0.897. The lowest BCUT2D eigenvalue weighted by molar-refractivity contribution is -0.138. The number of urea groups is 1. The van der Waals surface area contributed by atoms with Gasteiger partial charge in [-0.3, -0.25) is 4.90 Å². The van der Waals surface area contributed by atoms with Crippen molar-refractivity contribution in [1.29, 1.82) is 0 Å². The van der Waals surface area contributed by atoms with Gasteiger partial charge >= 0.3 is 12.2 Å². The molecule has 1 saturated heterocycles. The highest BCUT2D eigenvalue weighted by atomic mass is 19.4. The van der Waals surface area contributed by atoms with E-state index < -0.39 is 17.8 Å². The Balaban J connectivity index is 2.00. The number of benzene rings is 1. The number of alkyl halides is 3. The molecule has 1 aliphatic heterocycles. The van der Waals surface area contributed by atoms with E-state index in [2.05, 4.69) is 5.32 Å². The van der Waals surface area contributed by atoms with Crippen molar-refractivity contribution < 1.29 is 18.0 Å². The largest absolute Gasteiger partial charge is 0.416 e. The van der Waals surface area contributed by atoms with Gasteiger partial charge in [0.05, 0.1) is 5.56 Å². The zero-order chi connectivity index (χ0) is 16.2. The second kappa shape index (κ2) is 7.00. The fraction of sp³-hybridized carbons (Fsp3) is 0.533. The molecule has 0 radical (unpaired) electrons. The third-order valence-corrected chi connectivity index (χ3v) is 3.88. The minimum Gasteiger partial charge on any atom is -0.352 e. The van der Waals surface area contributed by atoms with Crippen molar-refractivity contribution in [3.8, 4) is 0 Å². The highest BCUT2D eigenvalue weighted by molar-refractivity contribution is 5.71. The summed E-state index contributed by atoms with van der Waals surface area (Å²) in [5.74, 6) is 0.222. The van der Waals surface area contributed by atoms with Crippen molar-refractivity contribution in [2.24, 2.45) is 11.7 Å². The molecule has 0 bridgehead atoms. The van der Waals surface area contributed by atoms with E-state index in [-0.39, 0.29) is 12.5 Å². The number of likely N-dealkylation sites (tertiary alicyclic amines) is 1. The number of nitrogens with zero attached hydrogens (tertiary/aromatic N) is 1. The van der Waals surface area contributed by atoms with Gasteiger partial charge in [-0.05, 0) is 36.9 Å². The molecule has 1 fully saturated rings. The minimum atomic E-state index is -4.33. The van der Waals surface area contributed by atoms with Crippen molar-refractivity contribution in [1.82, 2.24) is 10.2 Å². The number of hydrogen-bond donors (Lipinski definition) is 2. The van der Waals surface area contributed by atoms with Crippen LogP contribution in [0.1, 0.15) is 24.0 Å². The topological polar surface area (TPSA) is 58.4 Å². The second-order valence-corrected chi connectivity index (χ2v) is 5.64. The van der Waals surface area contributed by atoms with E-state index in [0.29, 0.717) is 18.7 Å². The first-order chi connectivity index (χ1) is 10.4. The molecule has 0 saturated carbocycles. The molecule has 3 N–H and O–H groups in total. The molecule has 2 rings (SSSR count). The van der Waals surface area contributed by atoms with Gasteiger partial charge in [0.2, 0.25) is 0 Å². The van der Waals surface area contributed by atoms with E-state index in [4.69, 9.17) is 5.73 Å². The molecule has 1 aromatic rings. The van der Waals surface area contributed by atoms with E-state index >= 15 is 0 Å². The molecule has 22 heavy (non-hydrogen) atoms. The highest BCUT2D eigenvalue weighted by Gasteiger charge is 2.33. The molecule has 0 unspecified atom stereocenters. The number of amides is 2. The van der Waals surface area contributed by atoms with E-state index in [1.807, 2.05) is 4.90 Å². The van der Waals surface area contributed by atoms with Crippen LogP contribution >= 0.6 is 0 Å². The molecule has 2 amide bonds. The van der Waals surface area contributed by atoms with Crippen LogP contribution in [-0.4, -0.2) is 30.6 Å². The van der Waals surface area contributed by atoms with Crippen LogP contribution < -0.4 is 11.1 Å². The number of rotatable bonds is 4. The smallest absolute Gasteiger partial charge is 0.352 e. The van der Waals surface area contributed by atoms with Gasteiger partial charge < -0.3 is 11.1 Å². The number of piperidine rings is 1. The number of halogens is 3. The Bertz CT molecular complexity index is 519. The van der Waals surface area contributed by atoms with Gasteiger partial charge in [0, 0.05) is 19.6 Å². The van der Waals surface area contributed by atoms with Crippen molar-refractivity contribution in [2.75, 3.05) is 19.6 Å². The van der Waals surface area contributed by atoms with Gasteiger partial charge in [-0.1, -0.05) is 18.2 Å². The Morgan fingerprint density at radius 1 is 1.36 bits per heavy atom. The molecular formula is C15H20F3N3O. The van der Waals surface area contributed by atoms with Gasteiger partial charge in [-0.15, -0.1) is 0 Å². The molecule has 0 spiro atoms. The third kappa shape index (κ3) is 4.62. The highest BCUT2D eigenvalue weighted by Crippen LogP contribution is 2.32. The van der Waals surface area contributed by atoms with Crippen LogP contribution in [0.25, 0.3) is 0 Å². The summed E-state index contributed by atoms with van der Waals surface area (Å²) in [7, 11) is 0. The van der Waals surface area contributed by atoms with Gasteiger partial charge in [-0.25, -0.2) is 4.79 Å². The molecule has 1 atom stereocenters. The first-order valence-electron chi connectivity index (χ1n) is 7.27. The maximum Gasteiger partial charge on any atom is 0.416 e. The van der Waals surface area contributed by atoms with Crippen LogP contribution in [0, 0.1) is 5.92 Å². The summed E-state index contributed by atoms with van der Waals surface area (Å²) in [6.45, 7) is 2.15. The molecule has 1 aromatic carbocycles. The second-order valence-electron chi connectivity index (χ2n) is 5.64. The van der Waals surface area contributed by atoms with Gasteiger partial charge in [0.25, 0.3) is 0 Å². The summed E-state index contributed by atoms with van der Waals surface area (Å²) < 4.78 is 39.0. The third-order valence-electron chi connectivity index (χ3n) is 3.88. The minimum absolute atomic E-state index is 0.222. The lowest BCUT2D eigenvalue weighted by Gasteiger charge is -2.33. The monoisotopic (exact) mass is 315 g/mol. The molecule has 0 aliphatic carbocycles. The molecule has 0 aromatic heterocycles. The van der Waals surface area contributed by atoms with Crippen LogP contribution in [0.2, 0.25) is 0 Å².